The Morgan fingerprint density at radius 2 is 0.783 bits per heavy atom. The maximum Gasteiger partial charge on any atom is 0.111 e. The van der Waals surface area contributed by atoms with E-state index in [9.17, 15) is 30.6 Å². The van der Waals surface area contributed by atoms with Crippen molar-refractivity contribution in [3.05, 3.63) is 0 Å². The molecular formula is C13H24O10. The molecule has 0 aromatic carbocycles. The first-order valence-corrected chi connectivity index (χ1v) is 7.42. The molecule has 0 radical (unpaired) electrons. The quantitative estimate of drug-likeness (QED) is 0.247. The van der Waals surface area contributed by atoms with Crippen molar-refractivity contribution in [3.63, 3.8) is 0 Å². The van der Waals surface area contributed by atoms with E-state index >= 15 is 0 Å². The summed E-state index contributed by atoms with van der Waals surface area (Å²) in [5.74, 6) is 0. The summed E-state index contributed by atoms with van der Waals surface area (Å²) in [4.78, 5) is 0. The van der Waals surface area contributed by atoms with Crippen molar-refractivity contribution in [2.24, 2.45) is 0 Å². The molecule has 2 fully saturated rings. The van der Waals surface area contributed by atoms with Crippen LogP contribution in [0.5, 0.6) is 0 Å². The predicted molar refractivity (Wildman–Crippen MR) is 72.2 cm³/mol. The summed E-state index contributed by atoms with van der Waals surface area (Å²) in [7, 11) is 0. The minimum absolute atomic E-state index is 0.192. The molecule has 10 atom stereocenters. The largest absolute Gasteiger partial charge is 0.394 e. The van der Waals surface area contributed by atoms with Crippen molar-refractivity contribution >= 4 is 0 Å². The van der Waals surface area contributed by atoms with E-state index in [1.807, 2.05) is 0 Å². The van der Waals surface area contributed by atoms with Crippen LogP contribution in [0.25, 0.3) is 0 Å². The van der Waals surface area contributed by atoms with Crippen LogP contribution in [0.15, 0.2) is 0 Å². The summed E-state index contributed by atoms with van der Waals surface area (Å²) in [6.45, 7) is -1.17. The number of hydrogen-bond donors (Lipinski definition) is 8. The molecule has 2 heterocycles. The van der Waals surface area contributed by atoms with Gasteiger partial charge in [0.05, 0.1) is 25.4 Å². The molecule has 0 bridgehead atoms. The Morgan fingerprint density at radius 3 is 1.09 bits per heavy atom. The molecule has 0 spiro atoms. The zero-order chi connectivity index (χ0) is 17.3. The lowest BCUT2D eigenvalue weighted by Gasteiger charge is -2.44. The highest BCUT2D eigenvalue weighted by Crippen LogP contribution is 2.29. The Balaban J connectivity index is 2.07. The van der Waals surface area contributed by atoms with Gasteiger partial charge in [-0.1, -0.05) is 0 Å². The highest BCUT2D eigenvalue weighted by molar-refractivity contribution is 4.97. The summed E-state index contributed by atoms with van der Waals surface area (Å²) in [5, 5.41) is 77.1. The minimum atomic E-state index is -1.56. The minimum Gasteiger partial charge on any atom is -0.394 e. The molecule has 10 heteroatoms. The Morgan fingerprint density at radius 1 is 0.478 bits per heavy atom. The average molecular weight is 340 g/mol. The molecule has 0 aliphatic carbocycles. The maximum atomic E-state index is 9.96. The first-order chi connectivity index (χ1) is 10.8. The van der Waals surface area contributed by atoms with E-state index in [0.717, 1.165) is 0 Å². The number of aliphatic hydroxyl groups is 8. The van der Waals surface area contributed by atoms with Gasteiger partial charge in [-0.3, -0.25) is 0 Å². The van der Waals surface area contributed by atoms with E-state index in [2.05, 4.69) is 0 Å². The van der Waals surface area contributed by atoms with Gasteiger partial charge in [-0.15, -0.1) is 0 Å². The predicted octanol–water partition coefficient (Wildman–Crippen LogP) is -4.94. The molecule has 8 N–H and O–H groups in total. The highest BCUT2D eigenvalue weighted by Gasteiger charge is 2.48. The van der Waals surface area contributed by atoms with E-state index in [1.54, 1.807) is 0 Å². The summed E-state index contributed by atoms with van der Waals surface area (Å²) >= 11 is 0. The second kappa shape index (κ2) is 7.66. The van der Waals surface area contributed by atoms with Gasteiger partial charge in [0.2, 0.25) is 0 Å². The second-order valence-corrected chi connectivity index (χ2v) is 5.97. The zero-order valence-electron chi connectivity index (χ0n) is 12.3. The van der Waals surface area contributed by atoms with Crippen LogP contribution in [0.4, 0.5) is 0 Å². The number of ether oxygens (including phenoxy) is 2. The Hall–Kier alpha value is -0.400. The molecule has 0 aromatic heterocycles. The van der Waals surface area contributed by atoms with E-state index in [1.165, 1.54) is 0 Å². The van der Waals surface area contributed by atoms with Gasteiger partial charge in [-0.25, -0.2) is 0 Å². The van der Waals surface area contributed by atoms with Gasteiger partial charge in [-0.2, -0.15) is 0 Å². The Bertz CT molecular complexity index is 344. The first kappa shape index (κ1) is 18.9. The van der Waals surface area contributed by atoms with E-state index in [0.29, 0.717) is 0 Å². The molecule has 2 rings (SSSR count). The Labute approximate surface area is 132 Å². The molecule has 136 valence electrons. The molecule has 0 amide bonds. The summed E-state index contributed by atoms with van der Waals surface area (Å²) in [5.41, 5.74) is 0. The second-order valence-electron chi connectivity index (χ2n) is 5.97. The van der Waals surface area contributed by atoms with Crippen LogP contribution in [0.1, 0.15) is 6.42 Å². The number of rotatable bonds is 4. The van der Waals surface area contributed by atoms with Crippen molar-refractivity contribution in [2.75, 3.05) is 13.2 Å². The summed E-state index contributed by atoms with van der Waals surface area (Å²) in [6.07, 6.45) is -13.7. The third-order valence-electron chi connectivity index (χ3n) is 4.45. The van der Waals surface area contributed by atoms with Crippen LogP contribution in [0, 0.1) is 0 Å². The lowest BCUT2D eigenvalue weighted by molar-refractivity contribution is -0.262. The van der Waals surface area contributed by atoms with Crippen LogP contribution < -0.4 is 0 Å². The van der Waals surface area contributed by atoms with E-state index < -0.39 is 74.3 Å². The average Bonchev–Trinajstić information content (AvgIpc) is 2.55. The van der Waals surface area contributed by atoms with Gasteiger partial charge in [-0.05, 0) is 0 Å². The molecule has 2 aliphatic heterocycles. The van der Waals surface area contributed by atoms with Crippen molar-refractivity contribution < 1.29 is 50.3 Å². The van der Waals surface area contributed by atoms with Crippen LogP contribution in [-0.4, -0.2) is 115 Å². The first-order valence-electron chi connectivity index (χ1n) is 7.42. The van der Waals surface area contributed by atoms with Crippen molar-refractivity contribution in [2.45, 2.75) is 67.5 Å². The summed E-state index contributed by atoms with van der Waals surface area (Å²) < 4.78 is 10.6. The fraction of sp³-hybridized carbons (Fsp3) is 1.00. The lowest BCUT2D eigenvalue weighted by Crippen LogP contribution is -2.62. The van der Waals surface area contributed by atoms with E-state index in [-0.39, 0.29) is 6.42 Å². The maximum absolute atomic E-state index is 9.96. The van der Waals surface area contributed by atoms with Gasteiger partial charge in [0.1, 0.15) is 48.8 Å². The van der Waals surface area contributed by atoms with Crippen molar-refractivity contribution in [1.29, 1.82) is 0 Å². The Kier molecular flexibility index (Phi) is 6.30. The monoisotopic (exact) mass is 340 g/mol. The summed E-state index contributed by atoms with van der Waals surface area (Å²) in [6, 6.07) is 0. The topological polar surface area (TPSA) is 180 Å². The third-order valence-corrected chi connectivity index (χ3v) is 4.45. The number of aliphatic hydroxyl groups excluding tert-OH is 8. The fourth-order valence-electron chi connectivity index (χ4n) is 2.98. The van der Waals surface area contributed by atoms with Crippen LogP contribution in [0.2, 0.25) is 0 Å². The van der Waals surface area contributed by atoms with Crippen LogP contribution >= 0.6 is 0 Å². The van der Waals surface area contributed by atoms with Crippen LogP contribution in [-0.2, 0) is 9.47 Å². The smallest absolute Gasteiger partial charge is 0.111 e. The fourth-order valence-corrected chi connectivity index (χ4v) is 2.98. The highest BCUT2D eigenvalue weighted by atomic mass is 16.6. The molecule has 23 heavy (non-hydrogen) atoms. The molecule has 0 unspecified atom stereocenters. The van der Waals surface area contributed by atoms with Gasteiger partial charge in [0.15, 0.2) is 0 Å². The number of hydrogen-bond acceptors (Lipinski definition) is 10. The standard InChI is InChI=1S/C13H24O10/c14-2-6-10(18)12(20)8(16)4(22-6)1-5-9(17)13(21)11(19)7(3-15)23-5/h4-21H,1-3H2/t4-,5-,6+,7+,8-,9-,10-,11-,12+,13+/m0/s1. The molecular weight excluding hydrogens is 316 g/mol. The molecule has 0 aromatic rings. The third kappa shape index (κ3) is 3.66. The van der Waals surface area contributed by atoms with Crippen molar-refractivity contribution in [3.8, 4) is 0 Å². The molecule has 2 aliphatic rings. The SMILES string of the molecule is OC[C@H]1O[C@@H](C[C@@H]2O[C@H](CO)[C@H](O)[C@H](O)[C@H]2O)[C@H](O)[C@@H](O)[C@H]1O. The lowest BCUT2D eigenvalue weighted by atomic mass is 9.87. The van der Waals surface area contributed by atoms with Gasteiger partial charge >= 0.3 is 0 Å². The van der Waals surface area contributed by atoms with Gasteiger partial charge in [0, 0.05) is 6.42 Å². The van der Waals surface area contributed by atoms with Crippen LogP contribution in [0.3, 0.4) is 0 Å². The normalized spacial score (nSPS) is 51.7. The molecule has 2 saturated heterocycles. The van der Waals surface area contributed by atoms with Gasteiger partial charge < -0.3 is 50.3 Å². The molecule has 0 saturated carbocycles. The zero-order valence-corrected chi connectivity index (χ0v) is 12.3. The van der Waals surface area contributed by atoms with Crippen molar-refractivity contribution in [1.82, 2.24) is 0 Å². The van der Waals surface area contributed by atoms with Gasteiger partial charge in [0.25, 0.3) is 0 Å². The van der Waals surface area contributed by atoms with E-state index in [4.69, 9.17) is 19.7 Å². The molecule has 10 nitrogen and oxygen atoms in total.